The van der Waals surface area contributed by atoms with Gasteiger partial charge in [-0.15, -0.1) is 0 Å². The molecule has 1 heterocycles. The van der Waals surface area contributed by atoms with Gasteiger partial charge in [0, 0.05) is 12.2 Å². The minimum absolute atomic E-state index is 0.239. The molecule has 0 bridgehead atoms. The zero-order chi connectivity index (χ0) is 24.7. The molecular weight excluding hydrogens is 432 g/mol. The van der Waals surface area contributed by atoms with Gasteiger partial charge < -0.3 is 14.8 Å². The number of ether oxygens (including phenoxy) is 2. The third kappa shape index (κ3) is 5.76. The van der Waals surface area contributed by atoms with E-state index in [4.69, 9.17) is 9.47 Å². The topological polar surface area (TPSA) is 84.9 Å². The van der Waals surface area contributed by atoms with Crippen LogP contribution in [0.5, 0.6) is 5.75 Å². The highest BCUT2D eigenvalue weighted by atomic mass is 16.5. The standard InChI is InChI=1S/C27H34N2O5/c1-5-6-7-16-28-19-9-14-22-23(18-19)25(31)29(24(22)30)20-10-12-21(13-11-20)34-17-8-15-27(2,3)26(32)33-4/h9-14,18,28H,5-8,15-17H2,1-4H3. The van der Waals surface area contributed by atoms with Crippen LogP contribution in [-0.4, -0.2) is 38.0 Å². The van der Waals surface area contributed by atoms with Crippen molar-refractivity contribution in [1.82, 2.24) is 0 Å². The van der Waals surface area contributed by atoms with Crippen LogP contribution in [0.25, 0.3) is 0 Å². The number of fused-ring (bicyclic) bond motifs is 1. The van der Waals surface area contributed by atoms with Gasteiger partial charge in [0.05, 0.1) is 35.9 Å². The summed E-state index contributed by atoms with van der Waals surface area (Å²) in [6, 6.07) is 12.2. The number of hydrogen-bond acceptors (Lipinski definition) is 6. The van der Waals surface area contributed by atoms with Gasteiger partial charge in [-0.3, -0.25) is 14.4 Å². The van der Waals surface area contributed by atoms with Crippen molar-refractivity contribution in [1.29, 1.82) is 0 Å². The summed E-state index contributed by atoms with van der Waals surface area (Å²) < 4.78 is 10.6. The molecule has 0 saturated carbocycles. The molecule has 1 N–H and O–H groups in total. The highest BCUT2D eigenvalue weighted by Crippen LogP contribution is 2.31. The zero-order valence-corrected chi connectivity index (χ0v) is 20.5. The number of anilines is 2. The molecule has 7 heteroatoms. The number of nitrogens with one attached hydrogen (secondary N) is 1. The van der Waals surface area contributed by atoms with Gasteiger partial charge in [0.25, 0.3) is 11.8 Å². The molecule has 0 unspecified atom stereocenters. The summed E-state index contributed by atoms with van der Waals surface area (Å²) in [5.74, 6) is -0.251. The molecule has 0 aromatic heterocycles. The van der Waals surface area contributed by atoms with Gasteiger partial charge in [0.1, 0.15) is 5.75 Å². The van der Waals surface area contributed by atoms with Crippen LogP contribution in [0.2, 0.25) is 0 Å². The molecule has 182 valence electrons. The fourth-order valence-electron chi connectivity index (χ4n) is 3.97. The Bertz CT molecular complexity index is 1030. The first-order chi connectivity index (χ1) is 16.3. The zero-order valence-electron chi connectivity index (χ0n) is 20.5. The molecule has 7 nitrogen and oxygen atoms in total. The Kier molecular flexibility index (Phi) is 8.31. The van der Waals surface area contributed by atoms with E-state index in [1.54, 1.807) is 36.4 Å². The van der Waals surface area contributed by atoms with Crippen molar-refractivity contribution >= 4 is 29.2 Å². The van der Waals surface area contributed by atoms with Gasteiger partial charge in [-0.05, 0) is 75.6 Å². The Morgan fingerprint density at radius 1 is 0.971 bits per heavy atom. The predicted molar refractivity (Wildman–Crippen MR) is 133 cm³/mol. The summed E-state index contributed by atoms with van der Waals surface area (Å²) in [5.41, 5.74) is 1.62. The van der Waals surface area contributed by atoms with Crippen LogP contribution in [0.15, 0.2) is 42.5 Å². The summed E-state index contributed by atoms with van der Waals surface area (Å²) in [7, 11) is 1.39. The van der Waals surface area contributed by atoms with Crippen molar-refractivity contribution in [2.24, 2.45) is 5.41 Å². The van der Waals surface area contributed by atoms with E-state index in [9.17, 15) is 14.4 Å². The molecule has 0 fully saturated rings. The van der Waals surface area contributed by atoms with Crippen molar-refractivity contribution in [2.45, 2.75) is 52.9 Å². The molecule has 0 radical (unpaired) electrons. The van der Waals surface area contributed by atoms with E-state index in [1.165, 1.54) is 12.0 Å². The van der Waals surface area contributed by atoms with Crippen LogP contribution in [0.4, 0.5) is 11.4 Å². The Labute approximate surface area is 201 Å². The monoisotopic (exact) mass is 466 g/mol. The number of esters is 1. The van der Waals surface area contributed by atoms with Gasteiger partial charge in [-0.1, -0.05) is 19.8 Å². The summed E-state index contributed by atoms with van der Waals surface area (Å²) in [5, 5.41) is 3.33. The Morgan fingerprint density at radius 2 is 1.68 bits per heavy atom. The second-order valence-corrected chi connectivity index (χ2v) is 9.16. The lowest BCUT2D eigenvalue weighted by atomic mass is 9.88. The van der Waals surface area contributed by atoms with E-state index in [1.807, 2.05) is 19.9 Å². The van der Waals surface area contributed by atoms with Crippen molar-refractivity contribution < 1.29 is 23.9 Å². The summed E-state index contributed by atoms with van der Waals surface area (Å²) in [6.45, 7) is 7.13. The van der Waals surface area contributed by atoms with Crippen molar-refractivity contribution in [3.05, 3.63) is 53.6 Å². The second kappa shape index (κ2) is 11.2. The fraction of sp³-hybridized carbons (Fsp3) is 0.444. The molecule has 0 aliphatic carbocycles. The SMILES string of the molecule is CCCCCNc1ccc2c(c1)C(=O)N(c1ccc(OCCCC(C)(C)C(=O)OC)cc1)C2=O. The minimum atomic E-state index is -0.557. The lowest BCUT2D eigenvalue weighted by molar-refractivity contribution is -0.151. The van der Waals surface area contributed by atoms with Crippen LogP contribution in [0, 0.1) is 5.41 Å². The number of methoxy groups -OCH3 is 1. The maximum Gasteiger partial charge on any atom is 0.311 e. The fourth-order valence-corrected chi connectivity index (χ4v) is 3.97. The minimum Gasteiger partial charge on any atom is -0.494 e. The maximum atomic E-state index is 13.0. The summed E-state index contributed by atoms with van der Waals surface area (Å²) in [6.07, 6.45) is 4.68. The number of carbonyl (C=O) groups excluding carboxylic acids is 3. The van der Waals surface area contributed by atoms with E-state index in [-0.39, 0.29) is 17.8 Å². The van der Waals surface area contributed by atoms with Crippen LogP contribution < -0.4 is 15.0 Å². The lowest BCUT2D eigenvalue weighted by Gasteiger charge is -2.21. The number of carbonyl (C=O) groups is 3. The number of amides is 2. The van der Waals surface area contributed by atoms with Gasteiger partial charge in [-0.2, -0.15) is 0 Å². The number of rotatable bonds is 12. The van der Waals surface area contributed by atoms with E-state index in [2.05, 4.69) is 12.2 Å². The Balaban J connectivity index is 1.59. The first kappa shape index (κ1) is 25.3. The molecular formula is C27H34N2O5. The largest absolute Gasteiger partial charge is 0.494 e. The van der Waals surface area contributed by atoms with Gasteiger partial charge in [-0.25, -0.2) is 4.90 Å². The molecule has 2 aromatic rings. The third-order valence-electron chi connectivity index (χ3n) is 6.04. The van der Waals surface area contributed by atoms with E-state index in [0.29, 0.717) is 42.0 Å². The average Bonchev–Trinajstić information content (AvgIpc) is 3.08. The van der Waals surface area contributed by atoms with E-state index < -0.39 is 5.41 Å². The normalized spacial score (nSPS) is 13.1. The maximum absolute atomic E-state index is 13.0. The molecule has 0 spiro atoms. The molecule has 2 amide bonds. The highest BCUT2D eigenvalue weighted by Gasteiger charge is 2.36. The Morgan fingerprint density at radius 3 is 2.35 bits per heavy atom. The molecule has 34 heavy (non-hydrogen) atoms. The molecule has 3 rings (SSSR count). The quantitative estimate of drug-likeness (QED) is 0.254. The molecule has 1 aliphatic rings. The number of imide groups is 1. The van der Waals surface area contributed by atoms with Crippen molar-refractivity contribution in [3.63, 3.8) is 0 Å². The van der Waals surface area contributed by atoms with Crippen molar-refractivity contribution in [3.8, 4) is 5.75 Å². The van der Waals surface area contributed by atoms with Gasteiger partial charge in [0.15, 0.2) is 0 Å². The predicted octanol–water partition coefficient (Wildman–Crippen LogP) is 5.45. The first-order valence-electron chi connectivity index (χ1n) is 11.9. The first-order valence-corrected chi connectivity index (χ1v) is 11.9. The average molecular weight is 467 g/mol. The highest BCUT2D eigenvalue weighted by molar-refractivity contribution is 6.34. The van der Waals surface area contributed by atoms with Crippen LogP contribution in [0.1, 0.15) is 73.6 Å². The van der Waals surface area contributed by atoms with E-state index >= 15 is 0 Å². The Hall–Kier alpha value is -3.35. The number of unbranched alkanes of at least 4 members (excludes halogenated alkanes) is 2. The van der Waals surface area contributed by atoms with Gasteiger partial charge >= 0.3 is 5.97 Å². The lowest BCUT2D eigenvalue weighted by Crippen LogP contribution is -2.29. The van der Waals surface area contributed by atoms with Crippen LogP contribution >= 0.6 is 0 Å². The van der Waals surface area contributed by atoms with Gasteiger partial charge in [0.2, 0.25) is 0 Å². The van der Waals surface area contributed by atoms with Crippen LogP contribution in [0.3, 0.4) is 0 Å². The molecule has 0 saturated heterocycles. The van der Waals surface area contributed by atoms with Crippen LogP contribution in [-0.2, 0) is 9.53 Å². The molecule has 0 atom stereocenters. The second-order valence-electron chi connectivity index (χ2n) is 9.16. The number of hydrogen-bond donors (Lipinski definition) is 1. The molecule has 1 aliphatic heterocycles. The van der Waals surface area contributed by atoms with Crippen molar-refractivity contribution in [2.75, 3.05) is 30.5 Å². The number of benzene rings is 2. The smallest absolute Gasteiger partial charge is 0.311 e. The summed E-state index contributed by atoms with van der Waals surface area (Å²) >= 11 is 0. The summed E-state index contributed by atoms with van der Waals surface area (Å²) in [4.78, 5) is 38.9. The molecule has 2 aromatic carbocycles. The van der Waals surface area contributed by atoms with E-state index in [0.717, 1.165) is 31.5 Å². The third-order valence-corrected chi connectivity index (χ3v) is 6.04. The number of nitrogens with zero attached hydrogens (tertiary/aromatic N) is 1.